The van der Waals surface area contributed by atoms with E-state index in [0.29, 0.717) is 6.54 Å². The zero-order chi connectivity index (χ0) is 13.4. The Morgan fingerprint density at radius 3 is 2.83 bits per heavy atom. The Bertz CT molecular complexity index is 490. The summed E-state index contributed by atoms with van der Waals surface area (Å²) in [5, 5.41) is 18.6. The third kappa shape index (κ3) is 4.21. The Kier molecular flexibility index (Phi) is 5.31. The third-order valence-electron chi connectivity index (χ3n) is 2.03. The van der Waals surface area contributed by atoms with Crippen LogP contribution in [-0.2, 0) is 4.79 Å². The number of aromatic nitrogens is 1. The lowest BCUT2D eigenvalue weighted by molar-refractivity contribution is -0.132. The molecule has 0 unspecified atom stereocenters. The summed E-state index contributed by atoms with van der Waals surface area (Å²) in [6, 6.07) is 3.54. The summed E-state index contributed by atoms with van der Waals surface area (Å²) in [7, 11) is 0. The SMILES string of the molecule is CCN=C/C(C(=O)O)=C(O)\C=C\c1cccnc1. The first-order valence-corrected chi connectivity index (χ1v) is 5.39. The second kappa shape index (κ2) is 7.01. The fourth-order valence-electron chi connectivity index (χ4n) is 1.15. The lowest BCUT2D eigenvalue weighted by Gasteiger charge is -1.97. The normalized spacial score (nSPS) is 12.9. The molecule has 2 N–H and O–H groups in total. The first kappa shape index (κ1) is 13.6. The monoisotopic (exact) mass is 246 g/mol. The van der Waals surface area contributed by atoms with E-state index in [1.165, 1.54) is 6.08 Å². The fourth-order valence-corrected chi connectivity index (χ4v) is 1.15. The highest BCUT2D eigenvalue weighted by atomic mass is 16.4. The van der Waals surface area contributed by atoms with E-state index in [2.05, 4.69) is 9.98 Å². The third-order valence-corrected chi connectivity index (χ3v) is 2.03. The van der Waals surface area contributed by atoms with Crippen LogP contribution in [-0.4, -0.2) is 33.9 Å². The van der Waals surface area contributed by atoms with Crippen molar-refractivity contribution >= 4 is 18.3 Å². The molecule has 0 fully saturated rings. The van der Waals surface area contributed by atoms with Crippen LogP contribution in [0.1, 0.15) is 12.5 Å². The van der Waals surface area contributed by atoms with E-state index in [1.54, 1.807) is 37.5 Å². The average molecular weight is 246 g/mol. The van der Waals surface area contributed by atoms with E-state index < -0.39 is 5.97 Å². The Balaban J connectivity index is 2.95. The van der Waals surface area contributed by atoms with Gasteiger partial charge in [0.1, 0.15) is 11.3 Å². The van der Waals surface area contributed by atoms with Crippen LogP contribution in [0.25, 0.3) is 6.08 Å². The van der Waals surface area contributed by atoms with Gasteiger partial charge in [0, 0.05) is 25.2 Å². The zero-order valence-corrected chi connectivity index (χ0v) is 9.95. The first-order valence-electron chi connectivity index (χ1n) is 5.39. The second-order valence-electron chi connectivity index (χ2n) is 3.35. The first-order chi connectivity index (χ1) is 8.65. The van der Waals surface area contributed by atoms with Gasteiger partial charge in [0.25, 0.3) is 0 Å². The van der Waals surface area contributed by atoms with Gasteiger partial charge in [0.05, 0.1) is 0 Å². The molecule has 0 saturated carbocycles. The Morgan fingerprint density at radius 1 is 1.50 bits per heavy atom. The molecular formula is C13H14N2O3. The summed E-state index contributed by atoms with van der Waals surface area (Å²) < 4.78 is 0. The predicted molar refractivity (Wildman–Crippen MR) is 69.6 cm³/mol. The number of aliphatic hydroxyl groups is 1. The summed E-state index contributed by atoms with van der Waals surface area (Å²) in [6.07, 6.45) is 7.26. The molecular weight excluding hydrogens is 232 g/mol. The topological polar surface area (TPSA) is 82.8 Å². The fraction of sp³-hybridized carbons (Fsp3) is 0.154. The molecule has 18 heavy (non-hydrogen) atoms. The number of hydrogen-bond acceptors (Lipinski definition) is 4. The lowest BCUT2D eigenvalue weighted by atomic mass is 10.2. The standard InChI is InChI=1S/C13H14N2O3/c1-2-14-9-11(13(17)18)12(16)6-5-10-4-3-7-15-8-10/h3-9,16H,2H2,1H3,(H,17,18)/b6-5+,12-11-,14-9?. The number of aliphatic hydroxyl groups excluding tert-OH is 1. The van der Waals surface area contributed by atoms with Gasteiger partial charge in [-0.3, -0.25) is 9.98 Å². The number of carboxylic acids is 1. The summed E-state index contributed by atoms with van der Waals surface area (Å²) in [6.45, 7) is 2.23. The minimum Gasteiger partial charge on any atom is -0.507 e. The average Bonchev–Trinajstić information content (AvgIpc) is 2.37. The van der Waals surface area contributed by atoms with Gasteiger partial charge >= 0.3 is 5.97 Å². The molecule has 0 saturated heterocycles. The number of carbonyl (C=O) groups is 1. The van der Waals surface area contributed by atoms with Crippen molar-refractivity contribution < 1.29 is 15.0 Å². The van der Waals surface area contributed by atoms with Crippen LogP contribution >= 0.6 is 0 Å². The molecule has 0 atom stereocenters. The van der Waals surface area contributed by atoms with Gasteiger partial charge in [-0.1, -0.05) is 6.07 Å². The van der Waals surface area contributed by atoms with Crippen LogP contribution in [0, 0.1) is 0 Å². The van der Waals surface area contributed by atoms with E-state index in [4.69, 9.17) is 5.11 Å². The molecule has 0 bridgehead atoms. The van der Waals surface area contributed by atoms with E-state index in [0.717, 1.165) is 11.8 Å². The number of allylic oxidation sites excluding steroid dienone is 1. The molecule has 1 rings (SSSR count). The molecule has 0 aliphatic rings. The van der Waals surface area contributed by atoms with Crippen LogP contribution in [0.3, 0.4) is 0 Å². The Hall–Kier alpha value is -2.43. The minimum atomic E-state index is -1.22. The maximum atomic E-state index is 10.9. The summed E-state index contributed by atoms with van der Waals surface area (Å²) >= 11 is 0. The molecule has 0 amide bonds. The minimum absolute atomic E-state index is 0.239. The molecule has 94 valence electrons. The molecule has 0 spiro atoms. The van der Waals surface area contributed by atoms with Gasteiger partial charge in [-0.25, -0.2) is 4.79 Å². The van der Waals surface area contributed by atoms with Gasteiger partial charge in [0.2, 0.25) is 0 Å². The van der Waals surface area contributed by atoms with E-state index in [9.17, 15) is 9.90 Å². The van der Waals surface area contributed by atoms with Crippen molar-refractivity contribution in [3.63, 3.8) is 0 Å². The number of nitrogens with zero attached hydrogens (tertiary/aromatic N) is 2. The van der Waals surface area contributed by atoms with Crippen molar-refractivity contribution in [1.82, 2.24) is 4.98 Å². The molecule has 0 aromatic carbocycles. The summed E-state index contributed by atoms with van der Waals surface area (Å²) in [5.74, 6) is -1.57. The highest BCUT2D eigenvalue weighted by molar-refractivity contribution is 6.09. The van der Waals surface area contributed by atoms with Crippen molar-refractivity contribution in [2.45, 2.75) is 6.92 Å². The van der Waals surface area contributed by atoms with Crippen LogP contribution in [0.2, 0.25) is 0 Å². The molecule has 0 radical (unpaired) electrons. The number of pyridine rings is 1. The predicted octanol–water partition coefficient (Wildman–Crippen LogP) is 2.08. The van der Waals surface area contributed by atoms with E-state index in [-0.39, 0.29) is 11.3 Å². The molecule has 1 heterocycles. The largest absolute Gasteiger partial charge is 0.507 e. The molecule has 5 heteroatoms. The number of rotatable bonds is 5. The summed E-state index contributed by atoms with van der Waals surface area (Å²) in [5.41, 5.74) is 0.526. The van der Waals surface area contributed by atoms with Crippen LogP contribution in [0.4, 0.5) is 0 Å². The van der Waals surface area contributed by atoms with Crippen molar-refractivity contribution in [1.29, 1.82) is 0 Å². The van der Waals surface area contributed by atoms with Crippen LogP contribution in [0.15, 0.2) is 46.9 Å². The zero-order valence-electron chi connectivity index (χ0n) is 9.95. The smallest absolute Gasteiger partial charge is 0.341 e. The molecule has 1 aromatic heterocycles. The van der Waals surface area contributed by atoms with E-state index in [1.807, 2.05) is 0 Å². The highest BCUT2D eigenvalue weighted by Crippen LogP contribution is 2.06. The molecule has 0 aliphatic heterocycles. The van der Waals surface area contributed by atoms with Gasteiger partial charge in [-0.15, -0.1) is 0 Å². The Labute approximate surface area is 105 Å². The van der Waals surface area contributed by atoms with Crippen LogP contribution < -0.4 is 0 Å². The highest BCUT2D eigenvalue weighted by Gasteiger charge is 2.09. The van der Waals surface area contributed by atoms with Gasteiger partial charge < -0.3 is 10.2 Å². The van der Waals surface area contributed by atoms with Gasteiger partial charge in [-0.2, -0.15) is 0 Å². The number of carboxylic acid groups (broad SMARTS) is 1. The Morgan fingerprint density at radius 2 is 2.28 bits per heavy atom. The molecule has 1 aromatic rings. The van der Waals surface area contributed by atoms with Gasteiger partial charge in [0.15, 0.2) is 0 Å². The van der Waals surface area contributed by atoms with Gasteiger partial charge in [-0.05, 0) is 30.7 Å². The molecule has 0 aliphatic carbocycles. The molecule has 5 nitrogen and oxygen atoms in total. The van der Waals surface area contributed by atoms with Crippen molar-refractivity contribution in [3.05, 3.63) is 47.5 Å². The van der Waals surface area contributed by atoms with Crippen molar-refractivity contribution in [3.8, 4) is 0 Å². The number of aliphatic imine (C=N–C) groups is 1. The number of hydrogen-bond donors (Lipinski definition) is 2. The van der Waals surface area contributed by atoms with Crippen LogP contribution in [0.5, 0.6) is 0 Å². The van der Waals surface area contributed by atoms with E-state index >= 15 is 0 Å². The quantitative estimate of drug-likeness (QED) is 0.360. The van der Waals surface area contributed by atoms with Crippen molar-refractivity contribution in [2.24, 2.45) is 4.99 Å². The maximum Gasteiger partial charge on any atom is 0.341 e. The lowest BCUT2D eigenvalue weighted by Crippen LogP contribution is -2.05. The number of aliphatic carboxylic acids is 1. The second-order valence-corrected chi connectivity index (χ2v) is 3.35. The summed E-state index contributed by atoms with van der Waals surface area (Å²) in [4.78, 5) is 18.6. The maximum absolute atomic E-state index is 10.9. The van der Waals surface area contributed by atoms with Crippen molar-refractivity contribution in [2.75, 3.05) is 6.54 Å².